The Bertz CT molecular complexity index is 720. The molecule has 0 aromatic rings. The maximum atomic E-state index is 13.4. The highest BCUT2D eigenvalue weighted by Crippen LogP contribution is 2.80. The molecule has 0 saturated heterocycles. The van der Waals surface area contributed by atoms with Crippen LogP contribution in [0.4, 0.5) is 0 Å². The Kier molecular flexibility index (Phi) is 4.53. The van der Waals surface area contributed by atoms with Gasteiger partial charge in [0.1, 0.15) is 5.78 Å². The zero-order valence-corrected chi connectivity index (χ0v) is 19.8. The molecular formula is C28H44O. The van der Waals surface area contributed by atoms with Crippen LogP contribution in [0.1, 0.15) is 92.9 Å². The molecule has 0 radical (unpaired) electrons. The first-order valence-corrected chi connectivity index (χ1v) is 12.9. The molecule has 1 spiro atoms. The minimum atomic E-state index is 0.142. The molecule has 5 fully saturated rings. The third kappa shape index (κ3) is 2.54. The lowest BCUT2D eigenvalue weighted by atomic mass is 9.45. The van der Waals surface area contributed by atoms with Gasteiger partial charge in [-0.25, -0.2) is 0 Å². The van der Waals surface area contributed by atoms with Gasteiger partial charge >= 0.3 is 0 Å². The Hall–Kier alpha value is -0.590. The van der Waals surface area contributed by atoms with Gasteiger partial charge < -0.3 is 0 Å². The molecular weight excluding hydrogens is 352 g/mol. The molecule has 5 saturated carbocycles. The topological polar surface area (TPSA) is 17.1 Å². The van der Waals surface area contributed by atoms with E-state index in [0.717, 1.165) is 36.0 Å². The quantitative estimate of drug-likeness (QED) is 0.455. The van der Waals surface area contributed by atoms with Gasteiger partial charge in [-0.3, -0.25) is 4.79 Å². The molecule has 5 rings (SSSR count). The highest BCUT2D eigenvalue weighted by molar-refractivity contribution is 5.91. The predicted molar refractivity (Wildman–Crippen MR) is 120 cm³/mol. The summed E-state index contributed by atoms with van der Waals surface area (Å²) in [6, 6.07) is 0. The molecule has 10 atom stereocenters. The lowest BCUT2D eigenvalue weighted by Gasteiger charge is -2.58. The maximum absolute atomic E-state index is 13.4. The van der Waals surface area contributed by atoms with E-state index in [2.05, 4.69) is 53.7 Å². The number of allylic oxidation sites excluding steroid dienone is 2. The van der Waals surface area contributed by atoms with Gasteiger partial charge in [-0.1, -0.05) is 53.7 Å². The number of fused-ring (bicyclic) bond motifs is 4. The molecule has 0 N–H and O–H groups in total. The average molecular weight is 397 g/mol. The molecule has 5 aliphatic carbocycles. The molecule has 0 amide bonds. The van der Waals surface area contributed by atoms with Crippen molar-refractivity contribution in [1.29, 1.82) is 0 Å². The van der Waals surface area contributed by atoms with Gasteiger partial charge in [-0.05, 0) is 103 Å². The van der Waals surface area contributed by atoms with Crippen LogP contribution in [-0.2, 0) is 4.79 Å². The number of ketones is 1. The van der Waals surface area contributed by atoms with E-state index in [1.165, 1.54) is 44.9 Å². The molecule has 2 unspecified atom stereocenters. The van der Waals surface area contributed by atoms with E-state index >= 15 is 0 Å². The van der Waals surface area contributed by atoms with Crippen LogP contribution in [0, 0.1) is 63.6 Å². The van der Waals surface area contributed by atoms with E-state index in [0.29, 0.717) is 34.4 Å². The van der Waals surface area contributed by atoms with E-state index < -0.39 is 0 Å². The summed E-state index contributed by atoms with van der Waals surface area (Å²) in [6.45, 7) is 14.6. The van der Waals surface area contributed by atoms with Crippen LogP contribution in [0.2, 0.25) is 0 Å². The standard InChI is InChI=1S/C28H44O/c1-17(2)18(3)7-8-19(4)22-9-10-23-21-15-25(29)28-16-20(28)11-14-27(28,6)24(21)12-13-26(22,23)5/h7-8,17-24H,9-16H2,1-6H3/b8-7+/t18-,19+,20+,21?,22?,23-,24-,26+,27+,28-/m0/s1. The molecule has 0 heterocycles. The Balaban J connectivity index is 1.38. The van der Waals surface area contributed by atoms with E-state index in [9.17, 15) is 4.79 Å². The molecule has 0 aromatic heterocycles. The number of carbonyl (C=O) groups excluding carboxylic acids is 1. The Morgan fingerprint density at radius 2 is 1.69 bits per heavy atom. The van der Waals surface area contributed by atoms with Crippen LogP contribution in [0.25, 0.3) is 0 Å². The van der Waals surface area contributed by atoms with Crippen LogP contribution in [0.15, 0.2) is 12.2 Å². The summed E-state index contributed by atoms with van der Waals surface area (Å²) in [5.41, 5.74) is 0.937. The van der Waals surface area contributed by atoms with Crippen molar-refractivity contribution in [2.24, 2.45) is 63.6 Å². The van der Waals surface area contributed by atoms with Crippen LogP contribution in [0.5, 0.6) is 0 Å². The summed E-state index contributed by atoms with van der Waals surface area (Å²) < 4.78 is 0. The summed E-state index contributed by atoms with van der Waals surface area (Å²) in [6.07, 6.45) is 15.4. The molecule has 0 bridgehead atoms. The fraction of sp³-hybridized carbons (Fsp3) is 0.893. The molecule has 1 nitrogen and oxygen atoms in total. The second kappa shape index (κ2) is 6.46. The molecule has 5 aliphatic rings. The second-order valence-electron chi connectivity index (χ2n) is 12.9. The van der Waals surface area contributed by atoms with E-state index in [1.54, 1.807) is 0 Å². The normalized spacial score (nSPS) is 52.8. The van der Waals surface area contributed by atoms with Crippen molar-refractivity contribution in [2.75, 3.05) is 0 Å². The molecule has 29 heavy (non-hydrogen) atoms. The van der Waals surface area contributed by atoms with Crippen LogP contribution < -0.4 is 0 Å². The average Bonchev–Trinajstić information content (AvgIpc) is 3.20. The summed E-state index contributed by atoms with van der Waals surface area (Å²) >= 11 is 0. The monoisotopic (exact) mass is 396 g/mol. The Morgan fingerprint density at radius 3 is 2.38 bits per heavy atom. The fourth-order valence-corrected chi connectivity index (χ4v) is 9.62. The number of rotatable bonds is 4. The minimum Gasteiger partial charge on any atom is -0.299 e. The van der Waals surface area contributed by atoms with Gasteiger partial charge in [0.05, 0.1) is 0 Å². The number of hydrogen-bond donors (Lipinski definition) is 0. The van der Waals surface area contributed by atoms with E-state index in [-0.39, 0.29) is 5.41 Å². The third-order valence-electron chi connectivity index (χ3n) is 11.8. The minimum absolute atomic E-state index is 0.142. The first-order valence-electron chi connectivity index (χ1n) is 12.9. The lowest BCUT2D eigenvalue weighted by molar-refractivity contribution is -0.151. The van der Waals surface area contributed by atoms with Crippen molar-refractivity contribution < 1.29 is 4.79 Å². The van der Waals surface area contributed by atoms with Gasteiger partial charge in [-0.2, -0.15) is 0 Å². The Morgan fingerprint density at radius 1 is 0.931 bits per heavy atom. The Labute approximate surface area is 179 Å². The summed E-state index contributed by atoms with van der Waals surface area (Å²) in [7, 11) is 0. The van der Waals surface area contributed by atoms with Crippen molar-refractivity contribution in [2.45, 2.75) is 92.9 Å². The fourth-order valence-electron chi connectivity index (χ4n) is 9.62. The molecule has 0 aromatic carbocycles. The largest absolute Gasteiger partial charge is 0.299 e. The second-order valence-corrected chi connectivity index (χ2v) is 12.9. The summed E-state index contributed by atoms with van der Waals surface area (Å²) in [4.78, 5) is 13.4. The SMILES string of the molecule is CC(C)[C@@H](C)/C=C/[C@@H](C)C1CC[C@H]2C3CC(=O)[C@]45C[C@H]4CC[C@]5(C)[C@H]3CC[C@]12C. The zero-order chi connectivity index (χ0) is 20.8. The summed E-state index contributed by atoms with van der Waals surface area (Å²) in [5.74, 6) is 6.63. The van der Waals surface area contributed by atoms with Gasteiger partial charge in [0.15, 0.2) is 0 Å². The van der Waals surface area contributed by atoms with Crippen LogP contribution in [0.3, 0.4) is 0 Å². The van der Waals surface area contributed by atoms with E-state index in [4.69, 9.17) is 0 Å². The predicted octanol–water partition coefficient (Wildman–Crippen LogP) is 7.31. The third-order valence-corrected chi connectivity index (χ3v) is 11.8. The van der Waals surface area contributed by atoms with Gasteiger partial charge in [0, 0.05) is 11.8 Å². The smallest absolute Gasteiger partial charge is 0.140 e. The van der Waals surface area contributed by atoms with Crippen molar-refractivity contribution in [1.82, 2.24) is 0 Å². The van der Waals surface area contributed by atoms with Crippen molar-refractivity contribution in [3.63, 3.8) is 0 Å². The van der Waals surface area contributed by atoms with Crippen molar-refractivity contribution >= 4 is 5.78 Å². The zero-order valence-electron chi connectivity index (χ0n) is 19.8. The lowest BCUT2D eigenvalue weighted by Crippen LogP contribution is -2.55. The highest BCUT2D eigenvalue weighted by Gasteiger charge is 2.77. The van der Waals surface area contributed by atoms with Gasteiger partial charge in [0.25, 0.3) is 0 Å². The number of carbonyl (C=O) groups is 1. The number of hydrogen-bond acceptors (Lipinski definition) is 1. The highest BCUT2D eigenvalue weighted by atomic mass is 16.1. The maximum Gasteiger partial charge on any atom is 0.140 e. The van der Waals surface area contributed by atoms with Gasteiger partial charge in [-0.15, -0.1) is 0 Å². The van der Waals surface area contributed by atoms with Crippen LogP contribution >= 0.6 is 0 Å². The first-order chi connectivity index (χ1) is 13.6. The molecule has 1 heteroatoms. The van der Waals surface area contributed by atoms with Crippen molar-refractivity contribution in [3.05, 3.63) is 12.2 Å². The first kappa shape index (κ1) is 20.3. The van der Waals surface area contributed by atoms with Crippen molar-refractivity contribution in [3.8, 4) is 0 Å². The van der Waals surface area contributed by atoms with Crippen LogP contribution in [-0.4, -0.2) is 5.78 Å². The molecule has 0 aliphatic heterocycles. The van der Waals surface area contributed by atoms with Gasteiger partial charge in [0.2, 0.25) is 0 Å². The summed E-state index contributed by atoms with van der Waals surface area (Å²) in [5, 5.41) is 0. The van der Waals surface area contributed by atoms with E-state index in [1.807, 2.05) is 0 Å². The number of Topliss-reactive ketones (excluding diaryl/α,β-unsaturated/α-hetero) is 1. The molecule has 162 valence electrons.